The first-order valence-corrected chi connectivity index (χ1v) is 8.64. The van der Waals surface area contributed by atoms with E-state index < -0.39 is 21.5 Å². The molecule has 0 unspecified atom stereocenters. The number of nitrogens with one attached hydrogen (secondary N) is 1. The van der Waals surface area contributed by atoms with Crippen LogP contribution in [0.4, 0.5) is 0 Å². The number of rotatable bonds is 6. The van der Waals surface area contributed by atoms with Crippen LogP contribution in [-0.2, 0) is 14.8 Å². The van der Waals surface area contributed by atoms with E-state index in [1.165, 1.54) is 16.9 Å². The van der Waals surface area contributed by atoms with Crippen molar-refractivity contribution in [3.05, 3.63) is 23.1 Å². The highest BCUT2D eigenvalue weighted by molar-refractivity contribution is 7.89. The molecular formula is C13H17ClN4O4S. The smallest absolute Gasteiger partial charge is 0.303 e. The highest BCUT2D eigenvalue weighted by Gasteiger charge is 2.27. The van der Waals surface area contributed by atoms with Gasteiger partial charge in [-0.05, 0) is 27.2 Å². The Hall–Kier alpha value is -1.71. The third-order valence-corrected chi connectivity index (χ3v) is 5.33. The first kappa shape index (κ1) is 17.6. The lowest BCUT2D eigenvalue weighted by atomic mass is 10.0. The van der Waals surface area contributed by atoms with Crippen LogP contribution in [0.5, 0.6) is 0 Å². The monoisotopic (exact) mass is 360 g/mol. The molecule has 2 aromatic heterocycles. The van der Waals surface area contributed by atoms with E-state index >= 15 is 0 Å². The Bertz CT molecular complexity index is 860. The fraction of sp³-hybridized carbons (Fsp3) is 0.462. The van der Waals surface area contributed by atoms with Crippen LogP contribution in [-0.4, -0.2) is 39.6 Å². The van der Waals surface area contributed by atoms with Gasteiger partial charge in [-0.3, -0.25) is 4.79 Å². The zero-order valence-electron chi connectivity index (χ0n) is 12.9. The molecule has 0 aliphatic carbocycles. The molecule has 0 atom stereocenters. The van der Waals surface area contributed by atoms with Crippen LogP contribution in [0.25, 0.3) is 5.65 Å². The van der Waals surface area contributed by atoms with Gasteiger partial charge in [0.25, 0.3) is 0 Å². The second-order valence-electron chi connectivity index (χ2n) is 5.84. The molecule has 0 aliphatic rings. The van der Waals surface area contributed by atoms with Crippen molar-refractivity contribution in [1.82, 2.24) is 19.3 Å². The zero-order valence-corrected chi connectivity index (χ0v) is 14.4. The molecule has 2 aromatic rings. The van der Waals surface area contributed by atoms with Gasteiger partial charge >= 0.3 is 5.97 Å². The van der Waals surface area contributed by atoms with E-state index in [9.17, 15) is 13.2 Å². The molecule has 0 fully saturated rings. The molecule has 126 valence electrons. The number of nitrogens with zero attached hydrogens (tertiary/aromatic N) is 3. The van der Waals surface area contributed by atoms with Gasteiger partial charge in [0.15, 0.2) is 5.65 Å². The minimum Gasteiger partial charge on any atom is -0.481 e. The number of halogens is 1. The van der Waals surface area contributed by atoms with Crippen molar-refractivity contribution < 1.29 is 18.3 Å². The summed E-state index contributed by atoms with van der Waals surface area (Å²) >= 11 is 6.02. The molecule has 0 radical (unpaired) electrons. The second kappa shape index (κ2) is 6.06. The van der Waals surface area contributed by atoms with Gasteiger partial charge in [-0.15, -0.1) is 0 Å². The standard InChI is InChI=1S/C13H17ClN4O4S/c1-8-11(14)12-15-6-9(7-18(12)16-8)23(21,22)17-13(2,3)5-4-10(19)20/h6-7,17H,4-5H2,1-3H3,(H,19,20). The predicted octanol–water partition coefficient (Wildman–Crippen LogP) is 1.61. The highest BCUT2D eigenvalue weighted by atomic mass is 35.5. The number of carboxylic acids is 1. The van der Waals surface area contributed by atoms with Crippen molar-refractivity contribution in [1.29, 1.82) is 0 Å². The van der Waals surface area contributed by atoms with Crippen LogP contribution in [0.3, 0.4) is 0 Å². The van der Waals surface area contributed by atoms with Gasteiger partial charge in [-0.1, -0.05) is 11.6 Å². The summed E-state index contributed by atoms with van der Waals surface area (Å²) in [5.74, 6) is -0.984. The Labute approximate surface area is 138 Å². The summed E-state index contributed by atoms with van der Waals surface area (Å²) in [6.07, 6.45) is 2.53. The maximum Gasteiger partial charge on any atom is 0.303 e. The van der Waals surface area contributed by atoms with E-state index in [2.05, 4.69) is 14.8 Å². The Morgan fingerprint density at radius 2 is 2.13 bits per heavy atom. The molecule has 0 amide bonds. The van der Waals surface area contributed by atoms with E-state index in [1.807, 2.05) is 0 Å². The Morgan fingerprint density at radius 1 is 1.48 bits per heavy atom. The molecule has 0 aliphatic heterocycles. The SMILES string of the molecule is Cc1nn2cc(S(=O)(=O)NC(C)(C)CCC(=O)O)cnc2c1Cl. The Morgan fingerprint density at radius 3 is 2.74 bits per heavy atom. The number of aryl methyl sites for hydroxylation is 1. The van der Waals surface area contributed by atoms with E-state index in [0.717, 1.165) is 0 Å². The van der Waals surface area contributed by atoms with Crippen LogP contribution < -0.4 is 4.72 Å². The molecule has 0 saturated heterocycles. The normalized spacial score (nSPS) is 12.7. The molecule has 10 heteroatoms. The minimum atomic E-state index is -3.87. The number of carbonyl (C=O) groups is 1. The first-order valence-electron chi connectivity index (χ1n) is 6.78. The van der Waals surface area contributed by atoms with Crippen LogP contribution in [0, 0.1) is 6.92 Å². The number of carboxylic acid groups (broad SMARTS) is 1. The number of sulfonamides is 1. The maximum atomic E-state index is 12.5. The summed E-state index contributed by atoms with van der Waals surface area (Å²) in [6.45, 7) is 4.93. The van der Waals surface area contributed by atoms with E-state index in [1.54, 1.807) is 20.8 Å². The topological polar surface area (TPSA) is 114 Å². The molecule has 2 heterocycles. The number of aromatic nitrogens is 3. The molecule has 0 saturated carbocycles. The second-order valence-corrected chi connectivity index (χ2v) is 7.90. The number of aliphatic carboxylic acids is 1. The highest BCUT2D eigenvalue weighted by Crippen LogP contribution is 2.21. The van der Waals surface area contributed by atoms with Crippen molar-refractivity contribution in [2.24, 2.45) is 0 Å². The van der Waals surface area contributed by atoms with Gasteiger partial charge in [0.1, 0.15) is 9.92 Å². The average Bonchev–Trinajstić information content (AvgIpc) is 2.70. The largest absolute Gasteiger partial charge is 0.481 e. The Balaban J connectivity index is 2.30. The van der Waals surface area contributed by atoms with Gasteiger partial charge in [0.05, 0.1) is 18.1 Å². The lowest BCUT2D eigenvalue weighted by molar-refractivity contribution is -0.137. The van der Waals surface area contributed by atoms with Crippen molar-refractivity contribution in [3.63, 3.8) is 0 Å². The number of fused-ring (bicyclic) bond motifs is 1. The van der Waals surface area contributed by atoms with E-state index in [-0.39, 0.29) is 17.7 Å². The molecule has 0 bridgehead atoms. The number of hydrogen-bond donors (Lipinski definition) is 2. The van der Waals surface area contributed by atoms with Crippen molar-refractivity contribution in [2.75, 3.05) is 0 Å². The molecule has 0 spiro atoms. The third kappa shape index (κ3) is 3.98. The first-order chi connectivity index (χ1) is 10.5. The molecule has 2 N–H and O–H groups in total. The van der Waals surface area contributed by atoms with Crippen LogP contribution in [0.15, 0.2) is 17.3 Å². The molecule has 0 aromatic carbocycles. The molecule has 8 nitrogen and oxygen atoms in total. The Kier molecular flexibility index (Phi) is 4.65. The summed E-state index contributed by atoms with van der Waals surface area (Å²) in [4.78, 5) is 14.6. The fourth-order valence-corrected chi connectivity index (χ4v) is 3.58. The maximum absolute atomic E-state index is 12.5. The summed E-state index contributed by atoms with van der Waals surface area (Å²) in [5.41, 5.74) is 0.000787. The number of hydrogen-bond acceptors (Lipinski definition) is 5. The lowest BCUT2D eigenvalue weighted by Gasteiger charge is -2.25. The van der Waals surface area contributed by atoms with Crippen molar-refractivity contribution >= 4 is 33.2 Å². The summed E-state index contributed by atoms with van der Waals surface area (Å²) in [7, 11) is -3.87. The molecule has 23 heavy (non-hydrogen) atoms. The third-order valence-electron chi connectivity index (χ3n) is 3.24. The van der Waals surface area contributed by atoms with Crippen LogP contribution in [0.1, 0.15) is 32.4 Å². The average molecular weight is 361 g/mol. The van der Waals surface area contributed by atoms with Gasteiger partial charge in [-0.2, -0.15) is 5.10 Å². The van der Waals surface area contributed by atoms with E-state index in [0.29, 0.717) is 16.4 Å². The van der Waals surface area contributed by atoms with Gasteiger partial charge in [-0.25, -0.2) is 22.6 Å². The molecular weight excluding hydrogens is 344 g/mol. The van der Waals surface area contributed by atoms with Gasteiger partial charge in [0, 0.05) is 12.0 Å². The van der Waals surface area contributed by atoms with E-state index in [4.69, 9.17) is 16.7 Å². The van der Waals surface area contributed by atoms with Crippen LogP contribution in [0.2, 0.25) is 5.02 Å². The summed E-state index contributed by atoms with van der Waals surface area (Å²) < 4.78 is 28.7. The van der Waals surface area contributed by atoms with Crippen molar-refractivity contribution in [2.45, 2.75) is 44.0 Å². The summed E-state index contributed by atoms with van der Waals surface area (Å²) in [5, 5.41) is 13.2. The predicted molar refractivity (Wildman–Crippen MR) is 84.0 cm³/mol. The minimum absolute atomic E-state index is 0.0763. The van der Waals surface area contributed by atoms with Crippen molar-refractivity contribution in [3.8, 4) is 0 Å². The lowest BCUT2D eigenvalue weighted by Crippen LogP contribution is -2.43. The molecule has 2 rings (SSSR count). The summed E-state index contributed by atoms with van der Waals surface area (Å²) in [6, 6.07) is 0. The van der Waals surface area contributed by atoms with Crippen LogP contribution >= 0.6 is 11.6 Å². The van der Waals surface area contributed by atoms with Gasteiger partial charge < -0.3 is 5.11 Å². The fourth-order valence-electron chi connectivity index (χ4n) is 2.03. The van der Waals surface area contributed by atoms with Gasteiger partial charge in [0.2, 0.25) is 10.0 Å². The zero-order chi connectivity index (χ0) is 17.4. The quantitative estimate of drug-likeness (QED) is 0.809.